The summed E-state index contributed by atoms with van der Waals surface area (Å²) in [7, 11) is -3.90. The van der Waals surface area contributed by atoms with Crippen molar-refractivity contribution in [1.82, 2.24) is 9.97 Å². The molecule has 0 spiro atoms. The number of aryl methyl sites for hydroxylation is 1. The molecule has 1 heterocycles. The first-order valence-electron chi connectivity index (χ1n) is 9.57. The normalized spacial score (nSPS) is 12.6. The average Bonchev–Trinajstić information content (AvgIpc) is 2.68. The molecule has 3 rings (SSSR count). The molecule has 0 amide bonds. The van der Waals surface area contributed by atoms with E-state index in [1.54, 1.807) is 24.3 Å². The molecule has 0 aliphatic carbocycles. The lowest BCUT2D eigenvalue weighted by molar-refractivity contribution is -0.00325. The molecule has 158 valence electrons. The maximum Gasteiger partial charge on any atom is 0.263 e. The minimum Gasteiger partial charge on any atom is -0.448 e. The molecule has 2 N–H and O–H groups in total. The molecule has 8 heteroatoms. The Bertz CT molecular complexity index is 1110. The molecule has 0 fully saturated rings. The number of hydrogen-bond donors (Lipinski definition) is 2. The molecule has 0 aliphatic heterocycles. The van der Waals surface area contributed by atoms with E-state index in [9.17, 15) is 13.5 Å². The van der Waals surface area contributed by atoms with Gasteiger partial charge < -0.3 is 9.84 Å². The summed E-state index contributed by atoms with van der Waals surface area (Å²) in [6.45, 7) is 7.48. The number of aromatic nitrogens is 2. The number of ether oxygens (including phenoxy) is 1. The van der Waals surface area contributed by atoms with Gasteiger partial charge in [-0.1, -0.05) is 55.8 Å². The van der Waals surface area contributed by atoms with Gasteiger partial charge in [0.05, 0.1) is 10.5 Å². The van der Waals surface area contributed by atoms with Crippen LogP contribution in [0.3, 0.4) is 0 Å². The van der Waals surface area contributed by atoms with Gasteiger partial charge in [0, 0.05) is 0 Å². The Hall–Kier alpha value is -2.97. The topological polar surface area (TPSA) is 101 Å². The minimum absolute atomic E-state index is 0.0671. The van der Waals surface area contributed by atoms with Crippen molar-refractivity contribution in [3.8, 4) is 17.0 Å². The number of hydrogen-bond acceptors (Lipinski definition) is 6. The van der Waals surface area contributed by atoms with Crippen LogP contribution >= 0.6 is 0 Å². The van der Waals surface area contributed by atoms with Crippen molar-refractivity contribution < 1.29 is 18.3 Å². The Labute approximate surface area is 176 Å². The molecular weight excluding hydrogens is 402 g/mol. The highest BCUT2D eigenvalue weighted by molar-refractivity contribution is 7.92. The summed E-state index contributed by atoms with van der Waals surface area (Å²) in [6.07, 6.45) is 0.0619. The molecule has 0 radical (unpaired) electrons. The second kappa shape index (κ2) is 8.81. The van der Waals surface area contributed by atoms with Crippen molar-refractivity contribution in [3.05, 3.63) is 66.0 Å². The fraction of sp³-hybridized carbons (Fsp3) is 0.273. The van der Waals surface area contributed by atoms with E-state index in [0.717, 1.165) is 11.1 Å². The summed E-state index contributed by atoms with van der Waals surface area (Å²) in [4.78, 5) is 8.35. The molecule has 2 aromatic carbocycles. The molecule has 30 heavy (non-hydrogen) atoms. The van der Waals surface area contributed by atoms with Gasteiger partial charge in [0.25, 0.3) is 10.0 Å². The average molecular weight is 428 g/mol. The van der Waals surface area contributed by atoms with Crippen LogP contribution in [0.4, 0.5) is 5.82 Å². The molecule has 1 aromatic heterocycles. The van der Waals surface area contributed by atoms with Gasteiger partial charge in [0.15, 0.2) is 12.1 Å². The van der Waals surface area contributed by atoms with Gasteiger partial charge in [-0.2, -0.15) is 0 Å². The zero-order valence-corrected chi connectivity index (χ0v) is 18.1. The van der Waals surface area contributed by atoms with E-state index in [1.165, 1.54) is 13.3 Å². The Morgan fingerprint density at radius 1 is 0.967 bits per heavy atom. The minimum atomic E-state index is -3.90. The second-order valence-electron chi connectivity index (χ2n) is 7.31. The smallest absolute Gasteiger partial charge is 0.263 e. The maximum absolute atomic E-state index is 13.0. The highest BCUT2D eigenvalue weighted by Gasteiger charge is 2.22. The summed E-state index contributed by atoms with van der Waals surface area (Å²) >= 11 is 0. The van der Waals surface area contributed by atoms with Gasteiger partial charge in [-0.3, -0.25) is 4.72 Å². The number of rotatable bonds is 7. The van der Waals surface area contributed by atoms with Crippen molar-refractivity contribution in [2.75, 3.05) is 4.72 Å². The molecule has 1 unspecified atom stereocenters. The first-order chi connectivity index (χ1) is 14.2. The van der Waals surface area contributed by atoms with Gasteiger partial charge in [-0.05, 0) is 43.0 Å². The molecule has 1 atom stereocenters. The number of sulfonamides is 1. The van der Waals surface area contributed by atoms with Crippen molar-refractivity contribution >= 4 is 15.8 Å². The van der Waals surface area contributed by atoms with E-state index in [2.05, 4.69) is 14.7 Å². The number of aliphatic hydroxyl groups excluding tert-OH is 1. The fourth-order valence-electron chi connectivity index (χ4n) is 2.90. The van der Waals surface area contributed by atoms with Crippen LogP contribution in [0, 0.1) is 6.92 Å². The Morgan fingerprint density at radius 2 is 1.60 bits per heavy atom. The molecule has 0 bridgehead atoms. The summed E-state index contributed by atoms with van der Waals surface area (Å²) in [5.41, 5.74) is 3.09. The molecule has 3 aromatic rings. The SMILES string of the molecule is Cc1ccc(-c2c(NS(=O)(=O)c3ccc(C(C)C)cc3)ncnc2OC(C)O)cc1. The zero-order chi connectivity index (χ0) is 21.9. The monoisotopic (exact) mass is 427 g/mol. The van der Waals surface area contributed by atoms with E-state index in [1.807, 2.05) is 45.0 Å². The lowest BCUT2D eigenvalue weighted by atomic mass is 10.0. The summed E-state index contributed by atoms with van der Waals surface area (Å²) in [6, 6.07) is 14.1. The van der Waals surface area contributed by atoms with Crippen molar-refractivity contribution in [2.45, 2.75) is 44.8 Å². The van der Waals surface area contributed by atoms with Gasteiger partial charge in [0.2, 0.25) is 5.88 Å². The van der Waals surface area contributed by atoms with Crippen LogP contribution in [0.2, 0.25) is 0 Å². The predicted molar refractivity (Wildman–Crippen MR) is 116 cm³/mol. The summed E-state index contributed by atoms with van der Waals surface area (Å²) in [5, 5.41) is 9.67. The number of anilines is 1. The van der Waals surface area contributed by atoms with E-state index < -0.39 is 16.3 Å². The second-order valence-corrected chi connectivity index (χ2v) is 9.00. The molecule has 0 saturated heterocycles. The van der Waals surface area contributed by atoms with Crippen LogP contribution in [0.25, 0.3) is 11.1 Å². The van der Waals surface area contributed by atoms with E-state index in [-0.39, 0.29) is 16.6 Å². The van der Waals surface area contributed by atoms with Crippen molar-refractivity contribution in [2.24, 2.45) is 0 Å². The molecule has 0 saturated carbocycles. The van der Waals surface area contributed by atoms with Gasteiger partial charge in [-0.25, -0.2) is 18.4 Å². The van der Waals surface area contributed by atoms with Gasteiger partial charge in [0.1, 0.15) is 6.33 Å². The van der Waals surface area contributed by atoms with Crippen molar-refractivity contribution in [1.29, 1.82) is 0 Å². The van der Waals surface area contributed by atoms with Gasteiger partial charge >= 0.3 is 0 Å². The quantitative estimate of drug-likeness (QED) is 0.551. The number of nitrogens with zero attached hydrogens (tertiary/aromatic N) is 2. The lowest BCUT2D eigenvalue weighted by Gasteiger charge is -2.16. The van der Waals surface area contributed by atoms with E-state index in [0.29, 0.717) is 17.0 Å². The molecular formula is C22H25N3O4S. The van der Waals surface area contributed by atoms with Crippen LogP contribution in [-0.4, -0.2) is 29.8 Å². The van der Waals surface area contributed by atoms with Crippen LogP contribution in [0.5, 0.6) is 5.88 Å². The third-order valence-electron chi connectivity index (χ3n) is 4.52. The number of benzene rings is 2. The third kappa shape index (κ3) is 4.95. The summed E-state index contributed by atoms with van der Waals surface area (Å²) < 4.78 is 33.9. The molecule has 7 nitrogen and oxygen atoms in total. The largest absolute Gasteiger partial charge is 0.448 e. The third-order valence-corrected chi connectivity index (χ3v) is 5.88. The van der Waals surface area contributed by atoms with E-state index in [4.69, 9.17) is 4.74 Å². The predicted octanol–water partition coefficient (Wildman–Crippen LogP) is 4.09. The number of nitrogens with one attached hydrogen (secondary N) is 1. The highest BCUT2D eigenvalue weighted by Crippen LogP contribution is 2.35. The standard InChI is InChI=1S/C22H25N3O4S/c1-14(2)17-9-11-19(12-10-17)30(27,28)25-21-20(18-7-5-15(3)6-8-18)22(24-13-23-21)29-16(4)26/h5-14,16,26H,1-4H3,(H,23,24,25). The number of aliphatic hydroxyl groups is 1. The first kappa shape index (κ1) is 21.7. The van der Waals surface area contributed by atoms with Crippen LogP contribution in [0.1, 0.15) is 37.8 Å². The Balaban J connectivity index is 2.05. The summed E-state index contributed by atoms with van der Waals surface area (Å²) in [5.74, 6) is 0.444. The fourth-order valence-corrected chi connectivity index (χ4v) is 3.92. The van der Waals surface area contributed by atoms with Crippen molar-refractivity contribution in [3.63, 3.8) is 0 Å². The van der Waals surface area contributed by atoms with Crippen LogP contribution in [0.15, 0.2) is 59.8 Å². The van der Waals surface area contributed by atoms with E-state index >= 15 is 0 Å². The Kier molecular flexibility index (Phi) is 6.38. The van der Waals surface area contributed by atoms with Gasteiger partial charge in [-0.15, -0.1) is 0 Å². The zero-order valence-electron chi connectivity index (χ0n) is 17.3. The van der Waals surface area contributed by atoms with Crippen LogP contribution < -0.4 is 9.46 Å². The highest BCUT2D eigenvalue weighted by atomic mass is 32.2. The lowest BCUT2D eigenvalue weighted by Crippen LogP contribution is -2.17. The molecule has 0 aliphatic rings. The Morgan fingerprint density at radius 3 is 2.17 bits per heavy atom. The maximum atomic E-state index is 13.0. The first-order valence-corrected chi connectivity index (χ1v) is 11.0. The van der Waals surface area contributed by atoms with Crippen LogP contribution in [-0.2, 0) is 10.0 Å².